The first kappa shape index (κ1) is 73.1. The number of aliphatic hydroxyl groups excluding tert-OH is 3. The minimum atomic E-state index is -1.95. The Hall–Kier alpha value is -5.95. The summed E-state index contributed by atoms with van der Waals surface area (Å²) in [6.45, 7) is 18.3. The molecule has 9 amide bonds. The molecule has 1 rings (SSSR count). The van der Waals surface area contributed by atoms with Crippen molar-refractivity contribution in [3.05, 3.63) is 0 Å². The van der Waals surface area contributed by atoms with Crippen molar-refractivity contribution >= 4 is 65.1 Å². The van der Waals surface area contributed by atoms with Gasteiger partial charge in [0.1, 0.15) is 60.5 Å². The second kappa shape index (κ2) is 37.9. The van der Waals surface area contributed by atoms with E-state index in [0.717, 1.165) is 38.5 Å². The topological polar surface area (TPSA) is 386 Å². The molecule has 0 aliphatic carbocycles. The predicted molar refractivity (Wildman–Crippen MR) is 300 cm³/mol. The van der Waals surface area contributed by atoms with E-state index < -0.39 is 170 Å². The van der Waals surface area contributed by atoms with Gasteiger partial charge in [-0.05, 0) is 68.6 Å². The maximum absolute atomic E-state index is 14.7. The van der Waals surface area contributed by atoms with Gasteiger partial charge in [-0.15, -0.1) is 0 Å². The van der Waals surface area contributed by atoms with Gasteiger partial charge in [-0.3, -0.25) is 47.9 Å². The molecule has 0 bridgehead atoms. The number of carboxylic acids is 1. The first-order valence-electron chi connectivity index (χ1n) is 29.0. The third-order valence-electron chi connectivity index (χ3n) is 13.9. The Labute approximate surface area is 478 Å². The zero-order chi connectivity index (χ0) is 61.7. The number of cyclic esters (lactones) is 1. The number of carbonyl (C=O) groups excluding carboxylic acids is 10. The Morgan fingerprint density at radius 3 is 1.53 bits per heavy atom. The minimum Gasteiger partial charge on any atom is -0.481 e. The fourth-order valence-electron chi connectivity index (χ4n) is 8.97. The maximum Gasteiger partial charge on any atom is 0.329 e. The van der Waals surface area contributed by atoms with Crippen LogP contribution in [0.2, 0.25) is 0 Å². The van der Waals surface area contributed by atoms with Gasteiger partial charge in [0.2, 0.25) is 53.2 Å². The van der Waals surface area contributed by atoms with E-state index in [0.29, 0.717) is 12.8 Å². The standard InChI is InChI=1S/C56H99N9O16/c1-13-15-16-17-18-19-20-21-36(68)27-43(69)57-38(24-30(3)4)49(73)58-37(22-23-44(70)71)48(72)65-47-35(12)81-56(80)46(34(11)14-2)64-53(77)42(29-67)62-50(74)39(25-31(5)6)59-52(76)41(28-66)61-51(75)40(26-32(7)8)60-54(78)45(33(9)10)63-55(47)79/h30-42,45-47,66-68H,13-29H2,1-12H3,(H,57,69)(H,58,73)(H,59,76)(H,60,78)(H,61,75)(H,62,74)(H,63,79)(H,64,77)(H,65,72)(H,70,71). The summed E-state index contributed by atoms with van der Waals surface area (Å²) in [6.07, 6.45) is 3.49. The van der Waals surface area contributed by atoms with Gasteiger partial charge in [-0.1, -0.05) is 128 Å². The largest absolute Gasteiger partial charge is 0.481 e. The van der Waals surface area contributed by atoms with Crippen LogP contribution in [-0.4, -0.2) is 165 Å². The average molecular weight is 1150 g/mol. The van der Waals surface area contributed by atoms with Gasteiger partial charge >= 0.3 is 11.9 Å². The second-order valence-corrected chi connectivity index (χ2v) is 23.1. The molecule has 12 unspecified atom stereocenters. The Morgan fingerprint density at radius 2 is 1.05 bits per heavy atom. The van der Waals surface area contributed by atoms with Gasteiger partial charge in [0.05, 0.1) is 25.7 Å². The molecule has 25 nitrogen and oxygen atoms in total. The van der Waals surface area contributed by atoms with Crippen LogP contribution >= 0.6 is 0 Å². The number of carboxylic acid groups (broad SMARTS) is 1. The SMILES string of the molecule is CCCCCCCCCC(O)CC(=O)NC(CC(C)C)C(=O)NC(CCC(=O)O)C(=O)NC1C(=O)NC(C(C)C)C(=O)NC(CC(C)C)C(=O)NC(CO)C(=O)NC(CC(C)C)C(=O)NC(CO)C(=O)NC(C(C)CC)C(=O)OC1C. The molecule has 25 heteroatoms. The molecule has 0 aromatic carbocycles. The fourth-order valence-corrected chi connectivity index (χ4v) is 8.97. The lowest BCUT2D eigenvalue weighted by Crippen LogP contribution is -2.64. The monoisotopic (exact) mass is 1150 g/mol. The normalized spacial score (nSPS) is 23.7. The minimum absolute atomic E-state index is 0.00994. The van der Waals surface area contributed by atoms with Crippen LogP contribution in [0.1, 0.15) is 179 Å². The molecule has 0 aromatic heterocycles. The number of rotatable bonds is 29. The molecule has 0 radical (unpaired) electrons. The van der Waals surface area contributed by atoms with Crippen molar-refractivity contribution in [2.45, 2.75) is 246 Å². The number of amides is 9. The maximum atomic E-state index is 14.7. The number of unbranched alkanes of at least 4 members (excludes halogenated alkanes) is 6. The van der Waals surface area contributed by atoms with Gasteiger partial charge in [0, 0.05) is 6.42 Å². The zero-order valence-corrected chi connectivity index (χ0v) is 49.9. The average Bonchev–Trinajstić information content (AvgIpc) is 3.41. The fraction of sp³-hybridized carbons (Fsp3) is 0.804. The third kappa shape index (κ3) is 27.6. The van der Waals surface area contributed by atoms with E-state index in [1.54, 1.807) is 69.2 Å². The van der Waals surface area contributed by atoms with Gasteiger partial charge in [-0.2, -0.15) is 0 Å². The number of ether oxygens (including phenoxy) is 1. The van der Waals surface area contributed by atoms with Crippen LogP contribution in [0.3, 0.4) is 0 Å². The molecule has 1 aliphatic rings. The van der Waals surface area contributed by atoms with E-state index in [4.69, 9.17) is 4.74 Å². The van der Waals surface area contributed by atoms with Crippen molar-refractivity contribution in [2.24, 2.45) is 29.6 Å². The highest BCUT2D eigenvalue weighted by molar-refractivity contribution is 5.99. The first-order chi connectivity index (χ1) is 38.0. The molecule has 13 N–H and O–H groups in total. The van der Waals surface area contributed by atoms with Crippen LogP contribution in [0.4, 0.5) is 0 Å². The van der Waals surface area contributed by atoms with E-state index >= 15 is 0 Å². The van der Waals surface area contributed by atoms with Gasteiger partial charge in [0.15, 0.2) is 0 Å². The molecule has 0 aromatic rings. The highest BCUT2D eigenvalue weighted by Gasteiger charge is 2.40. The van der Waals surface area contributed by atoms with Gasteiger partial charge in [0.25, 0.3) is 0 Å². The highest BCUT2D eigenvalue weighted by Crippen LogP contribution is 2.17. The van der Waals surface area contributed by atoms with Gasteiger partial charge in [-0.25, -0.2) is 4.79 Å². The summed E-state index contributed by atoms with van der Waals surface area (Å²) in [6, 6.07) is -14.1. The van der Waals surface area contributed by atoms with E-state index in [9.17, 15) is 73.2 Å². The number of aliphatic hydroxyl groups is 3. The lowest BCUT2D eigenvalue weighted by Gasteiger charge is -2.32. The molecule has 0 saturated carbocycles. The van der Waals surface area contributed by atoms with Crippen LogP contribution in [0.5, 0.6) is 0 Å². The molecular formula is C56H99N9O16. The van der Waals surface area contributed by atoms with E-state index in [2.05, 4.69) is 54.8 Å². The van der Waals surface area contributed by atoms with E-state index in [1.807, 2.05) is 0 Å². The van der Waals surface area contributed by atoms with E-state index in [-0.39, 0.29) is 49.9 Å². The number of esters is 1. The summed E-state index contributed by atoms with van der Waals surface area (Å²) in [5.41, 5.74) is 0. The predicted octanol–water partition coefficient (Wildman–Crippen LogP) is 0.876. The third-order valence-corrected chi connectivity index (χ3v) is 13.9. The molecule has 0 spiro atoms. The van der Waals surface area contributed by atoms with Crippen LogP contribution in [-0.2, 0) is 57.5 Å². The molecule has 1 fully saturated rings. The van der Waals surface area contributed by atoms with Crippen molar-refractivity contribution < 1.29 is 77.9 Å². The summed E-state index contributed by atoms with van der Waals surface area (Å²) in [7, 11) is 0. The zero-order valence-electron chi connectivity index (χ0n) is 49.9. The quantitative estimate of drug-likeness (QED) is 0.0365. The molecule has 12 atom stereocenters. The Balaban J connectivity index is 3.93. The Morgan fingerprint density at radius 1 is 0.568 bits per heavy atom. The number of aliphatic carboxylic acids is 1. The summed E-state index contributed by atoms with van der Waals surface area (Å²) in [5, 5.41) is 63.7. The lowest BCUT2D eigenvalue weighted by molar-refractivity contribution is -0.158. The smallest absolute Gasteiger partial charge is 0.329 e. The molecule has 1 aliphatic heterocycles. The summed E-state index contributed by atoms with van der Waals surface area (Å²) in [4.78, 5) is 152. The summed E-state index contributed by atoms with van der Waals surface area (Å²) in [5.74, 6) is -13.4. The Kier molecular flexibility index (Phi) is 34.2. The van der Waals surface area contributed by atoms with Crippen molar-refractivity contribution in [3.63, 3.8) is 0 Å². The molecule has 1 saturated heterocycles. The van der Waals surface area contributed by atoms with Gasteiger partial charge < -0.3 is 73.0 Å². The van der Waals surface area contributed by atoms with Crippen molar-refractivity contribution in [3.8, 4) is 0 Å². The number of nitrogens with one attached hydrogen (secondary N) is 9. The van der Waals surface area contributed by atoms with Crippen molar-refractivity contribution in [1.82, 2.24) is 47.9 Å². The molecule has 464 valence electrons. The Bertz CT molecular complexity index is 2060. The van der Waals surface area contributed by atoms with Crippen molar-refractivity contribution in [1.29, 1.82) is 0 Å². The second-order valence-electron chi connectivity index (χ2n) is 23.1. The number of carbonyl (C=O) groups is 11. The number of hydrogen-bond acceptors (Lipinski definition) is 15. The number of hydrogen-bond donors (Lipinski definition) is 13. The summed E-state index contributed by atoms with van der Waals surface area (Å²) < 4.78 is 5.83. The molecular weight excluding hydrogens is 1050 g/mol. The highest BCUT2D eigenvalue weighted by atomic mass is 16.5. The van der Waals surface area contributed by atoms with Crippen LogP contribution < -0.4 is 47.9 Å². The molecule has 81 heavy (non-hydrogen) atoms. The first-order valence-corrected chi connectivity index (χ1v) is 29.0. The van der Waals surface area contributed by atoms with Crippen molar-refractivity contribution in [2.75, 3.05) is 13.2 Å². The van der Waals surface area contributed by atoms with E-state index in [1.165, 1.54) is 6.92 Å². The molecule has 1 heterocycles. The van der Waals surface area contributed by atoms with Crippen LogP contribution in [0, 0.1) is 29.6 Å². The summed E-state index contributed by atoms with van der Waals surface area (Å²) >= 11 is 0. The van der Waals surface area contributed by atoms with Crippen LogP contribution in [0.15, 0.2) is 0 Å². The van der Waals surface area contributed by atoms with Crippen LogP contribution in [0.25, 0.3) is 0 Å². The lowest BCUT2D eigenvalue weighted by atomic mass is 9.98.